The summed E-state index contributed by atoms with van der Waals surface area (Å²) in [6, 6.07) is 5.79. The molecular formula is C16H18ClNO4S. The molecule has 0 heterocycles. The topological polar surface area (TPSA) is 74.7 Å². The Balaban J connectivity index is 1.84. The number of amides is 1. The van der Waals surface area contributed by atoms with E-state index in [0.717, 1.165) is 12.8 Å². The number of ketones is 1. The molecule has 0 saturated heterocycles. The Morgan fingerprint density at radius 2 is 1.87 bits per heavy atom. The highest BCUT2D eigenvalue weighted by molar-refractivity contribution is 8.00. The SMILES string of the molecule is CC(C(=O)O)N(C(=O)CSCC(=O)c1ccc(Cl)cc1)C1CC1. The Bertz CT molecular complexity index is 601. The lowest BCUT2D eigenvalue weighted by Gasteiger charge is -2.26. The predicted octanol–water partition coefficient (Wildman–Crippen LogP) is 2.72. The molecule has 1 aliphatic rings. The van der Waals surface area contributed by atoms with Gasteiger partial charge in [0.1, 0.15) is 6.04 Å². The maximum Gasteiger partial charge on any atom is 0.326 e. The highest BCUT2D eigenvalue weighted by atomic mass is 35.5. The standard InChI is InChI=1S/C16H18ClNO4S/c1-10(16(21)22)18(13-6-7-13)15(20)9-23-8-14(19)11-2-4-12(17)5-3-11/h2-5,10,13H,6-9H2,1H3,(H,21,22). The number of benzene rings is 1. The van der Waals surface area contributed by atoms with E-state index in [1.54, 1.807) is 24.3 Å². The van der Waals surface area contributed by atoms with Crippen LogP contribution in [0.4, 0.5) is 0 Å². The van der Waals surface area contributed by atoms with E-state index < -0.39 is 12.0 Å². The van der Waals surface area contributed by atoms with Gasteiger partial charge >= 0.3 is 5.97 Å². The number of halogens is 1. The van der Waals surface area contributed by atoms with Crippen LogP contribution in [-0.2, 0) is 9.59 Å². The van der Waals surface area contributed by atoms with Gasteiger partial charge in [-0.25, -0.2) is 4.79 Å². The van der Waals surface area contributed by atoms with Crippen LogP contribution < -0.4 is 0 Å². The number of nitrogens with zero attached hydrogens (tertiary/aromatic N) is 1. The summed E-state index contributed by atoms with van der Waals surface area (Å²) in [5, 5.41) is 9.66. The van der Waals surface area contributed by atoms with Gasteiger partial charge < -0.3 is 10.0 Å². The van der Waals surface area contributed by atoms with Crippen molar-refractivity contribution in [1.82, 2.24) is 4.90 Å². The summed E-state index contributed by atoms with van der Waals surface area (Å²) in [6.07, 6.45) is 1.69. The van der Waals surface area contributed by atoms with Gasteiger partial charge in [-0.05, 0) is 44.0 Å². The molecular weight excluding hydrogens is 338 g/mol. The molecule has 1 saturated carbocycles. The largest absolute Gasteiger partial charge is 0.480 e. The summed E-state index contributed by atoms with van der Waals surface area (Å²) >= 11 is 6.98. The van der Waals surface area contributed by atoms with Crippen LogP contribution in [0.25, 0.3) is 0 Å². The number of carbonyl (C=O) groups excluding carboxylic acids is 2. The number of hydrogen-bond donors (Lipinski definition) is 1. The van der Waals surface area contributed by atoms with E-state index in [9.17, 15) is 14.4 Å². The Morgan fingerprint density at radius 3 is 2.39 bits per heavy atom. The number of carboxylic acids is 1. The van der Waals surface area contributed by atoms with Crippen LogP contribution in [0, 0.1) is 0 Å². The number of carbonyl (C=O) groups is 3. The zero-order valence-electron chi connectivity index (χ0n) is 12.7. The van der Waals surface area contributed by atoms with Crippen molar-refractivity contribution < 1.29 is 19.5 Å². The molecule has 1 aromatic carbocycles. The average Bonchev–Trinajstić information content (AvgIpc) is 3.32. The van der Waals surface area contributed by atoms with Gasteiger partial charge in [0.15, 0.2) is 5.78 Å². The monoisotopic (exact) mass is 355 g/mol. The minimum atomic E-state index is -1.01. The maximum atomic E-state index is 12.2. The molecule has 0 radical (unpaired) electrons. The Hall–Kier alpha value is -1.53. The number of Topliss-reactive ketones (excluding diaryl/α,β-unsaturated/α-hetero) is 1. The van der Waals surface area contributed by atoms with Crippen LogP contribution in [0.15, 0.2) is 24.3 Å². The number of hydrogen-bond acceptors (Lipinski definition) is 4. The predicted molar refractivity (Wildman–Crippen MR) is 90.1 cm³/mol. The van der Waals surface area contributed by atoms with Crippen LogP contribution in [0.1, 0.15) is 30.1 Å². The number of rotatable bonds is 8. The normalized spacial score (nSPS) is 15.0. The van der Waals surface area contributed by atoms with Crippen LogP contribution in [-0.4, -0.2) is 51.3 Å². The fourth-order valence-electron chi connectivity index (χ4n) is 2.23. The lowest BCUT2D eigenvalue weighted by Crippen LogP contribution is -2.45. The zero-order chi connectivity index (χ0) is 17.0. The smallest absolute Gasteiger partial charge is 0.326 e. The molecule has 1 aliphatic carbocycles. The number of carboxylic acid groups (broad SMARTS) is 1. The summed E-state index contributed by atoms with van der Waals surface area (Å²) in [4.78, 5) is 36.8. The third-order valence-electron chi connectivity index (χ3n) is 3.63. The highest BCUT2D eigenvalue weighted by Gasteiger charge is 2.38. The van der Waals surface area contributed by atoms with Gasteiger partial charge in [-0.15, -0.1) is 11.8 Å². The average molecular weight is 356 g/mol. The van der Waals surface area contributed by atoms with Crippen LogP contribution >= 0.6 is 23.4 Å². The summed E-state index contributed by atoms with van der Waals surface area (Å²) in [5.41, 5.74) is 0.548. The molecule has 1 unspecified atom stereocenters. The summed E-state index contributed by atoms with van der Waals surface area (Å²) in [6.45, 7) is 1.52. The lowest BCUT2D eigenvalue weighted by atomic mass is 10.1. The fourth-order valence-corrected chi connectivity index (χ4v) is 3.14. The van der Waals surface area contributed by atoms with E-state index in [-0.39, 0.29) is 29.2 Å². The van der Waals surface area contributed by atoms with Gasteiger partial charge in [-0.3, -0.25) is 9.59 Å². The summed E-state index contributed by atoms with van der Waals surface area (Å²) in [7, 11) is 0. The molecule has 23 heavy (non-hydrogen) atoms. The van der Waals surface area contributed by atoms with E-state index in [4.69, 9.17) is 16.7 Å². The first-order chi connectivity index (χ1) is 10.9. The third-order valence-corrected chi connectivity index (χ3v) is 4.80. The van der Waals surface area contributed by atoms with Crippen molar-refractivity contribution in [2.75, 3.05) is 11.5 Å². The van der Waals surface area contributed by atoms with Crippen molar-refractivity contribution in [3.63, 3.8) is 0 Å². The van der Waals surface area contributed by atoms with Crippen molar-refractivity contribution in [3.8, 4) is 0 Å². The van der Waals surface area contributed by atoms with E-state index in [2.05, 4.69) is 0 Å². The number of thioether (sulfide) groups is 1. The quantitative estimate of drug-likeness (QED) is 0.726. The van der Waals surface area contributed by atoms with Crippen molar-refractivity contribution in [2.24, 2.45) is 0 Å². The molecule has 1 fully saturated rings. The van der Waals surface area contributed by atoms with Crippen molar-refractivity contribution >= 4 is 41.0 Å². The first kappa shape index (κ1) is 17.8. The second kappa shape index (κ2) is 7.84. The molecule has 0 spiro atoms. The van der Waals surface area contributed by atoms with Gasteiger partial charge in [-0.1, -0.05) is 11.6 Å². The molecule has 1 amide bonds. The number of aliphatic carboxylic acids is 1. The first-order valence-corrected chi connectivity index (χ1v) is 8.84. The molecule has 1 atom stereocenters. The summed E-state index contributed by atoms with van der Waals surface area (Å²) < 4.78 is 0. The Kier molecular flexibility index (Phi) is 6.07. The van der Waals surface area contributed by atoms with Gasteiger partial charge in [-0.2, -0.15) is 0 Å². The maximum absolute atomic E-state index is 12.2. The molecule has 0 bridgehead atoms. The van der Waals surface area contributed by atoms with Gasteiger partial charge in [0.2, 0.25) is 5.91 Å². The minimum Gasteiger partial charge on any atom is -0.480 e. The highest BCUT2D eigenvalue weighted by Crippen LogP contribution is 2.29. The van der Waals surface area contributed by atoms with Crippen molar-refractivity contribution in [3.05, 3.63) is 34.9 Å². The lowest BCUT2D eigenvalue weighted by molar-refractivity contribution is -0.148. The van der Waals surface area contributed by atoms with Crippen LogP contribution in [0.5, 0.6) is 0 Å². The Labute approximate surface area is 144 Å². The second-order valence-electron chi connectivity index (χ2n) is 5.47. The van der Waals surface area contributed by atoms with Crippen LogP contribution in [0.3, 0.4) is 0 Å². The summed E-state index contributed by atoms with van der Waals surface area (Å²) in [5.74, 6) is -1.03. The first-order valence-electron chi connectivity index (χ1n) is 7.30. The molecule has 5 nitrogen and oxygen atoms in total. The fraction of sp³-hybridized carbons (Fsp3) is 0.438. The molecule has 1 aromatic rings. The van der Waals surface area contributed by atoms with E-state index >= 15 is 0 Å². The second-order valence-corrected chi connectivity index (χ2v) is 6.89. The van der Waals surface area contributed by atoms with E-state index in [1.165, 1.54) is 23.6 Å². The molecule has 0 aliphatic heterocycles. The molecule has 2 rings (SSSR count). The van der Waals surface area contributed by atoms with Crippen molar-refractivity contribution in [2.45, 2.75) is 31.8 Å². The van der Waals surface area contributed by atoms with Gasteiger partial charge in [0.05, 0.1) is 11.5 Å². The van der Waals surface area contributed by atoms with E-state index in [1.807, 2.05) is 0 Å². The van der Waals surface area contributed by atoms with Gasteiger partial charge in [0.25, 0.3) is 0 Å². The van der Waals surface area contributed by atoms with Crippen molar-refractivity contribution in [1.29, 1.82) is 0 Å². The molecule has 7 heteroatoms. The van der Waals surface area contributed by atoms with Crippen LogP contribution in [0.2, 0.25) is 5.02 Å². The molecule has 124 valence electrons. The van der Waals surface area contributed by atoms with Gasteiger partial charge in [0, 0.05) is 16.6 Å². The van der Waals surface area contributed by atoms with E-state index in [0.29, 0.717) is 10.6 Å². The Morgan fingerprint density at radius 1 is 1.26 bits per heavy atom. The molecule has 1 N–H and O–H groups in total. The third kappa shape index (κ3) is 4.97. The minimum absolute atomic E-state index is 0.0289. The zero-order valence-corrected chi connectivity index (χ0v) is 14.3. The molecule has 0 aromatic heterocycles.